The molecule has 6 heteroatoms. The van der Waals surface area contributed by atoms with Crippen LogP contribution in [0.4, 0.5) is 4.79 Å². The summed E-state index contributed by atoms with van der Waals surface area (Å²) in [6, 6.07) is 20.8. The molecule has 2 atom stereocenters. The predicted octanol–water partition coefficient (Wildman–Crippen LogP) is 4.34. The monoisotopic (exact) mass is 467 g/mol. The molecular formula is C27H37NO4Si. The molecule has 2 aromatic rings. The number of ketones is 1. The second-order valence-electron chi connectivity index (χ2n) is 11.2. The Balaban J connectivity index is 2.23. The number of nitrogens with zero attached hydrogens (tertiary/aromatic N) is 1. The average Bonchev–Trinajstić information content (AvgIpc) is 3.07. The van der Waals surface area contributed by atoms with Crippen LogP contribution in [-0.4, -0.2) is 47.8 Å². The number of benzene rings is 2. The molecule has 1 heterocycles. The fourth-order valence-electron chi connectivity index (χ4n) is 5.57. The van der Waals surface area contributed by atoms with Crippen molar-refractivity contribution in [3.8, 4) is 0 Å². The average molecular weight is 468 g/mol. The van der Waals surface area contributed by atoms with Crippen LogP contribution < -0.4 is 10.4 Å². The summed E-state index contributed by atoms with van der Waals surface area (Å²) < 4.78 is 5.62. The molecule has 1 saturated heterocycles. The third kappa shape index (κ3) is 4.51. The molecule has 1 N–H and O–H groups in total. The molecule has 0 spiro atoms. The summed E-state index contributed by atoms with van der Waals surface area (Å²) in [4.78, 5) is 27.2. The second-order valence-corrected chi connectivity index (χ2v) is 16.2. The largest absolute Gasteiger partial charge is 0.444 e. The van der Waals surface area contributed by atoms with Gasteiger partial charge in [-0.05, 0) is 38.3 Å². The molecule has 1 aliphatic rings. The normalized spacial score (nSPS) is 21.7. The molecule has 3 rings (SSSR count). The summed E-state index contributed by atoms with van der Waals surface area (Å²) in [5.74, 6) is -0.436. The molecule has 178 valence electrons. The van der Waals surface area contributed by atoms with Crippen LogP contribution in [0.5, 0.6) is 0 Å². The minimum Gasteiger partial charge on any atom is -0.444 e. The zero-order chi connectivity index (χ0) is 24.7. The number of amides is 1. The molecule has 0 bridgehead atoms. The summed E-state index contributed by atoms with van der Waals surface area (Å²) in [6.45, 7) is 13.7. The van der Waals surface area contributed by atoms with E-state index in [1.165, 1.54) is 22.2 Å². The maximum Gasteiger partial charge on any atom is 0.412 e. The second kappa shape index (κ2) is 8.73. The van der Waals surface area contributed by atoms with Crippen molar-refractivity contribution in [2.24, 2.45) is 0 Å². The van der Waals surface area contributed by atoms with Gasteiger partial charge in [0, 0.05) is 13.0 Å². The lowest BCUT2D eigenvalue weighted by molar-refractivity contribution is -0.150. The van der Waals surface area contributed by atoms with Crippen molar-refractivity contribution in [1.29, 1.82) is 0 Å². The summed E-state index contributed by atoms with van der Waals surface area (Å²) in [5, 5.41) is 13.9. The van der Waals surface area contributed by atoms with Crippen molar-refractivity contribution in [1.82, 2.24) is 4.90 Å². The molecule has 0 saturated carbocycles. The molecule has 2 aromatic carbocycles. The van der Waals surface area contributed by atoms with Gasteiger partial charge in [0.1, 0.15) is 13.7 Å². The molecule has 1 fully saturated rings. The van der Waals surface area contributed by atoms with E-state index < -0.39 is 31.3 Å². The van der Waals surface area contributed by atoms with Crippen LogP contribution in [0.2, 0.25) is 10.6 Å². The summed E-state index contributed by atoms with van der Waals surface area (Å²) >= 11 is 0. The number of likely N-dealkylation sites (tertiary alicyclic amines) is 1. The van der Waals surface area contributed by atoms with Gasteiger partial charge in [-0.3, -0.25) is 9.69 Å². The molecule has 0 unspecified atom stereocenters. The topological polar surface area (TPSA) is 66.8 Å². The highest BCUT2D eigenvalue weighted by Crippen LogP contribution is 2.50. The third-order valence-electron chi connectivity index (χ3n) is 6.81. The number of hydrogen-bond acceptors (Lipinski definition) is 4. The van der Waals surface area contributed by atoms with Gasteiger partial charge in [0.2, 0.25) is 5.72 Å². The van der Waals surface area contributed by atoms with E-state index in [4.69, 9.17) is 4.74 Å². The molecular weight excluding hydrogens is 430 g/mol. The van der Waals surface area contributed by atoms with E-state index in [0.717, 1.165) is 0 Å². The number of Topliss-reactive ketones (excluding diaryl/α,β-unsaturated/α-hetero) is 1. The zero-order valence-corrected chi connectivity index (χ0v) is 21.9. The van der Waals surface area contributed by atoms with E-state index in [1.54, 1.807) is 20.8 Å². The van der Waals surface area contributed by atoms with Crippen molar-refractivity contribution in [3.05, 3.63) is 60.7 Å². The third-order valence-corrected chi connectivity index (χ3v) is 13.3. The Morgan fingerprint density at radius 1 is 0.939 bits per heavy atom. The molecule has 0 aliphatic carbocycles. The van der Waals surface area contributed by atoms with Gasteiger partial charge in [0.05, 0.1) is 0 Å². The van der Waals surface area contributed by atoms with Crippen LogP contribution in [-0.2, 0) is 9.53 Å². The Morgan fingerprint density at radius 2 is 1.39 bits per heavy atom. The van der Waals surface area contributed by atoms with Gasteiger partial charge >= 0.3 is 6.09 Å². The molecule has 0 aromatic heterocycles. The van der Waals surface area contributed by atoms with E-state index in [-0.39, 0.29) is 23.5 Å². The quantitative estimate of drug-likeness (QED) is 0.680. The number of carbonyl (C=O) groups is 2. The SMILES string of the molecule is CC(=O)[C@@]1(O)C[C@@H]([Si](c2ccccc2)(c2ccccc2)C(C)(C)C)CN1C(=O)OC(C)(C)C. The summed E-state index contributed by atoms with van der Waals surface area (Å²) in [6.07, 6.45) is -0.463. The van der Waals surface area contributed by atoms with Crippen LogP contribution in [0.25, 0.3) is 0 Å². The minimum absolute atomic E-state index is 0.0938. The summed E-state index contributed by atoms with van der Waals surface area (Å²) in [5.41, 5.74) is -2.71. The Hall–Kier alpha value is -2.44. The predicted molar refractivity (Wildman–Crippen MR) is 135 cm³/mol. The Labute approximate surface area is 198 Å². The lowest BCUT2D eigenvalue weighted by Gasteiger charge is -2.48. The van der Waals surface area contributed by atoms with Gasteiger partial charge < -0.3 is 9.84 Å². The summed E-state index contributed by atoms with van der Waals surface area (Å²) in [7, 11) is -2.66. The Kier molecular flexibility index (Phi) is 6.66. The zero-order valence-electron chi connectivity index (χ0n) is 20.9. The molecule has 1 amide bonds. The van der Waals surface area contributed by atoms with Gasteiger partial charge in [0.15, 0.2) is 5.78 Å². The number of rotatable bonds is 4. The molecule has 1 aliphatic heterocycles. The fourth-order valence-corrected chi connectivity index (χ4v) is 12.3. The number of hydrogen-bond donors (Lipinski definition) is 1. The lowest BCUT2D eigenvalue weighted by Crippen LogP contribution is -2.67. The molecule has 0 radical (unpaired) electrons. The van der Waals surface area contributed by atoms with E-state index in [2.05, 4.69) is 45.0 Å². The minimum atomic E-state index is -2.66. The van der Waals surface area contributed by atoms with Gasteiger partial charge in [-0.25, -0.2) is 4.79 Å². The highest BCUT2D eigenvalue weighted by Gasteiger charge is 2.62. The van der Waals surface area contributed by atoms with Crippen LogP contribution in [0.15, 0.2) is 60.7 Å². The van der Waals surface area contributed by atoms with Crippen molar-refractivity contribution >= 4 is 30.3 Å². The van der Waals surface area contributed by atoms with Crippen molar-refractivity contribution < 1.29 is 19.4 Å². The molecule has 5 nitrogen and oxygen atoms in total. The first-order chi connectivity index (χ1) is 15.2. The standard InChI is InChI=1S/C27H37NO4Si/c1-20(29)27(31)18-23(19-28(27)24(30)32-25(2,3)4)33(26(5,6)7,21-14-10-8-11-15-21)22-16-12-9-13-17-22/h8-17,23,31H,18-19H2,1-7H3/t23-,27+/m1/s1. The van der Waals surface area contributed by atoms with Crippen molar-refractivity contribution in [3.63, 3.8) is 0 Å². The first-order valence-electron chi connectivity index (χ1n) is 11.6. The highest BCUT2D eigenvalue weighted by molar-refractivity contribution is 7.05. The number of carbonyl (C=O) groups excluding carboxylic acids is 2. The Bertz CT molecular complexity index is 955. The number of ether oxygens (including phenoxy) is 1. The van der Waals surface area contributed by atoms with E-state index >= 15 is 0 Å². The Morgan fingerprint density at radius 3 is 1.76 bits per heavy atom. The first kappa shape index (κ1) is 25.2. The van der Waals surface area contributed by atoms with Gasteiger partial charge in [0.25, 0.3) is 0 Å². The smallest absolute Gasteiger partial charge is 0.412 e. The van der Waals surface area contributed by atoms with Gasteiger partial charge in [-0.1, -0.05) is 91.8 Å². The van der Waals surface area contributed by atoms with Crippen molar-refractivity contribution in [2.45, 2.75) is 76.8 Å². The van der Waals surface area contributed by atoms with Crippen LogP contribution in [0.3, 0.4) is 0 Å². The highest BCUT2D eigenvalue weighted by atomic mass is 28.3. The van der Waals surface area contributed by atoms with Crippen LogP contribution in [0, 0.1) is 0 Å². The van der Waals surface area contributed by atoms with Crippen molar-refractivity contribution in [2.75, 3.05) is 6.54 Å². The number of aliphatic hydroxyl groups is 1. The molecule has 33 heavy (non-hydrogen) atoms. The van der Waals surface area contributed by atoms with Gasteiger partial charge in [-0.15, -0.1) is 0 Å². The van der Waals surface area contributed by atoms with Gasteiger partial charge in [-0.2, -0.15) is 0 Å². The maximum absolute atomic E-state index is 13.2. The maximum atomic E-state index is 13.2. The van der Waals surface area contributed by atoms with E-state index in [1.807, 2.05) is 36.4 Å². The van der Waals surface area contributed by atoms with E-state index in [0.29, 0.717) is 0 Å². The van der Waals surface area contributed by atoms with Crippen LogP contribution >= 0.6 is 0 Å². The van der Waals surface area contributed by atoms with Crippen LogP contribution in [0.1, 0.15) is 54.9 Å². The fraction of sp³-hybridized carbons (Fsp3) is 0.481. The van der Waals surface area contributed by atoms with E-state index in [9.17, 15) is 14.7 Å². The lowest BCUT2D eigenvalue weighted by atomic mass is 10.1. The first-order valence-corrected chi connectivity index (χ1v) is 13.7.